The van der Waals surface area contributed by atoms with Gasteiger partial charge < -0.3 is 5.32 Å². The van der Waals surface area contributed by atoms with E-state index in [1.54, 1.807) is 11.8 Å². The number of aromatic nitrogens is 3. The molecule has 0 bridgehead atoms. The van der Waals surface area contributed by atoms with Crippen molar-refractivity contribution in [2.24, 2.45) is 0 Å². The van der Waals surface area contributed by atoms with Gasteiger partial charge in [0.25, 0.3) is 0 Å². The number of nitrogens with one attached hydrogen (secondary N) is 1. The largest absolute Gasteiger partial charge is 0.356 e. The second-order valence-electron chi connectivity index (χ2n) is 7.71. The molecule has 0 saturated heterocycles. The van der Waals surface area contributed by atoms with Crippen molar-refractivity contribution in [1.29, 1.82) is 0 Å². The quantitative estimate of drug-likeness (QED) is 0.287. The first-order chi connectivity index (χ1) is 15.2. The second kappa shape index (κ2) is 12.3. The van der Waals surface area contributed by atoms with E-state index in [0.717, 1.165) is 53.8 Å². The number of amides is 1. The van der Waals surface area contributed by atoms with Crippen LogP contribution in [0.3, 0.4) is 0 Å². The number of hydrogen-bond acceptors (Lipinski definition) is 4. The molecule has 0 fully saturated rings. The monoisotopic (exact) mass is 436 g/mol. The maximum atomic E-state index is 11.9. The van der Waals surface area contributed by atoms with Crippen LogP contribution in [-0.4, -0.2) is 33.0 Å². The van der Waals surface area contributed by atoms with Gasteiger partial charge in [-0.25, -0.2) is 0 Å². The molecule has 0 saturated carbocycles. The lowest BCUT2D eigenvalue weighted by atomic mass is 10.1. The third-order valence-corrected chi connectivity index (χ3v) is 6.10. The number of rotatable bonds is 12. The number of carbonyl (C=O) groups is 1. The predicted molar refractivity (Wildman–Crippen MR) is 129 cm³/mol. The van der Waals surface area contributed by atoms with E-state index in [1.165, 1.54) is 18.4 Å². The molecule has 3 rings (SSSR count). The van der Waals surface area contributed by atoms with Crippen LogP contribution < -0.4 is 5.32 Å². The second-order valence-corrected chi connectivity index (χ2v) is 8.77. The normalized spacial score (nSPS) is 10.9. The number of hydrogen-bond donors (Lipinski definition) is 1. The van der Waals surface area contributed by atoms with Crippen LogP contribution >= 0.6 is 11.8 Å². The summed E-state index contributed by atoms with van der Waals surface area (Å²) in [6, 6.07) is 18.6. The van der Waals surface area contributed by atoms with Gasteiger partial charge in [0.15, 0.2) is 11.0 Å². The van der Waals surface area contributed by atoms with Gasteiger partial charge in [-0.1, -0.05) is 79.6 Å². The average molecular weight is 437 g/mol. The minimum absolute atomic E-state index is 0.162. The fraction of sp³-hybridized carbons (Fsp3) is 0.400. The first kappa shape index (κ1) is 23.1. The molecule has 1 amide bonds. The van der Waals surface area contributed by atoms with E-state index in [9.17, 15) is 4.79 Å². The molecule has 31 heavy (non-hydrogen) atoms. The number of aryl methyl sites for hydroxylation is 1. The number of benzene rings is 2. The summed E-state index contributed by atoms with van der Waals surface area (Å²) in [5.41, 5.74) is 3.32. The van der Waals surface area contributed by atoms with Gasteiger partial charge in [0.2, 0.25) is 5.91 Å². The van der Waals surface area contributed by atoms with Crippen LogP contribution in [0.25, 0.3) is 17.1 Å². The molecule has 0 aliphatic rings. The Bertz CT molecular complexity index is 938. The maximum absolute atomic E-state index is 11.9. The molecule has 3 aromatic rings. The lowest BCUT2D eigenvalue weighted by molar-refractivity contribution is -0.121. The van der Waals surface area contributed by atoms with Crippen LogP contribution in [0.1, 0.15) is 51.0 Å². The highest BCUT2D eigenvalue weighted by Gasteiger charge is 2.16. The lowest BCUT2D eigenvalue weighted by Gasteiger charge is -2.10. The summed E-state index contributed by atoms with van der Waals surface area (Å²) < 4.78 is 2.12. The summed E-state index contributed by atoms with van der Waals surface area (Å²) in [6.45, 7) is 5.05. The Morgan fingerprint density at radius 2 is 1.74 bits per heavy atom. The standard InChI is InChI=1S/C25H32N4OS/c1-3-4-9-18-26-23(30)13-8-10-19-31-25-28-27-24(21-16-14-20(2)15-17-21)29(25)22-11-6-5-7-12-22/h5-7,11-12,14-17H,3-4,8-10,13,18-19H2,1-2H3,(H,26,30). The van der Waals surface area contributed by atoms with Gasteiger partial charge in [0.1, 0.15) is 0 Å². The number of carbonyl (C=O) groups excluding carboxylic acids is 1. The van der Waals surface area contributed by atoms with Crippen molar-refractivity contribution in [1.82, 2.24) is 20.1 Å². The zero-order valence-corrected chi connectivity index (χ0v) is 19.3. The third-order valence-electron chi connectivity index (χ3n) is 5.09. The first-order valence-electron chi connectivity index (χ1n) is 11.2. The SMILES string of the molecule is CCCCCNC(=O)CCCCSc1nnc(-c2ccc(C)cc2)n1-c1ccccc1. The van der Waals surface area contributed by atoms with Crippen molar-refractivity contribution in [3.63, 3.8) is 0 Å². The summed E-state index contributed by atoms with van der Waals surface area (Å²) >= 11 is 1.69. The van der Waals surface area contributed by atoms with E-state index in [0.29, 0.717) is 6.42 Å². The van der Waals surface area contributed by atoms with E-state index < -0.39 is 0 Å². The van der Waals surface area contributed by atoms with Gasteiger partial charge in [-0.15, -0.1) is 10.2 Å². The van der Waals surface area contributed by atoms with E-state index in [4.69, 9.17) is 0 Å². The van der Waals surface area contributed by atoms with E-state index in [-0.39, 0.29) is 5.91 Å². The summed E-state index contributed by atoms with van der Waals surface area (Å²) in [4.78, 5) is 11.9. The smallest absolute Gasteiger partial charge is 0.219 e. The van der Waals surface area contributed by atoms with Gasteiger partial charge in [0.05, 0.1) is 0 Å². The predicted octanol–water partition coefficient (Wildman–Crippen LogP) is 5.81. The molecule has 0 atom stereocenters. The van der Waals surface area contributed by atoms with Crippen LogP contribution in [0.5, 0.6) is 0 Å². The van der Waals surface area contributed by atoms with Crippen LogP contribution in [0, 0.1) is 6.92 Å². The lowest BCUT2D eigenvalue weighted by Crippen LogP contribution is -2.23. The Labute approximate surface area is 189 Å². The Morgan fingerprint density at radius 3 is 2.48 bits per heavy atom. The van der Waals surface area contributed by atoms with Crippen molar-refractivity contribution >= 4 is 17.7 Å². The Balaban J connectivity index is 1.59. The Kier molecular flexibility index (Phi) is 9.16. The zero-order chi connectivity index (χ0) is 21.9. The van der Waals surface area contributed by atoms with Crippen LogP contribution in [0.4, 0.5) is 0 Å². The molecule has 1 N–H and O–H groups in total. The molecule has 1 aromatic heterocycles. The molecular formula is C25H32N4OS. The molecule has 2 aromatic carbocycles. The van der Waals surface area contributed by atoms with Gasteiger partial charge in [-0.05, 0) is 38.3 Å². The Morgan fingerprint density at radius 1 is 0.968 bits per heavy atom. The van der Waals surface area contributed by atoms with E-state index in [1.807, 2.05) is 18.2 Å². The van der Waals surface area contributed by atoms with E-state index >= 15 is 0 Å². The maximum Gasteiger partial charge on any atom is 0.219 e. The highest BCUT2D eigenvalue weighted by atomic mass is 32.2. The van der Waals surface area contributed by atoms with Gasteiger partial charge in [-0.3, -0.25) is 9.36 Å². The van der Waals surface area contributed by atoms with E-state index in [2.05, 4.69) is 70.3 Å². The molecule has 0 spiro atoms. The molecular weight excluding hydrogens is 404 g/mol. The molecule has 0 radical (unpaired) electrons. The van der Waals surface area contributed by atoms with Crippen LogP contribution in [-0.2, 0) is 4.79 Å². The van der Waals surface area contributed by atoms with Crippen molar-refractivity contribution in [3.8, 4) is 17.1 Å². The van der Waals surface area contributed by atoms with Crippen molar-refractivity contribution in [3.05, 3.63) is 60.2 Å². The van der Waals surface area contributed by atoms with Crippen LogP contribution in [0.2, 0.25) is 0 Å². The third kappa shape index (κ3) is 6.96. The summed E-state index contributed by atoms with van der Waals surface area (Å²) in [5, 5.41) is 12.9. The molecule has 0 unspecified atom stereocenters. The number of unbranched alkanes of at least 4 members (excludes halogenated alkanes) is 3. The Hall–Kier alpha value is -2.60. The highest BCUT2D eigenvalue weighted by Crippen LogP contribution is 2.28. The highest BCUT2D eigenvalue weighted by molar-refractivity contribution is 7.99. The topological polar surface area (TPSA) is 59.8 Å². The number of thioether (sulfide) groups is 1. The number of nitrogens with zero attached hydrogens (tertiary/aromatic N) is 3. The van der Waals surface area contributed by atoms with Gasteiger partial charge in [0, 0.05) is 30.0 Å². The molecule has 0 aliphatic heterocycles. The van der Waals surface area contributed by atoms with Crippen LogP contribution in [0.15, 0.2) is 59.8 Å². The average Bonchev–Trinajstić information content (AvgIpc) is 3.21. The van der Waals surface area contributed by atoms with Crippen molar-refractivity contribution in [2.75, 3.05) is 12.3 Å². The fourth-order valence-corrected chi connectivity index (χ4v) is 4.26. The van der Waals surface area contributed by atoms with Crippen molar-refractivity contribution < 1.29 is 4.79 Å². The minimum Gasteiger partial charge on any atom is -0.356 e. The summed E-state index contributed by atoms with van der Waals surface area (Å²) in [7, 11) is 0. The number of para-hydroxylation sites is 1. The molecule has 0 aliphatic carbocycles. The molecule has 1 heterocycles. The first-order valence-corrected chi connectivity index (χ1v) is 12.1. The molecule has 6 heteroatoms. The zero-order valence-electron chi connectivity index (χ0n) is 18.5. The summed E-state index contributed by atoms with van der Waals surface area (Å²) in [6.07, 6.45) is 5.85. The molecule has 164 valence electrons. The fourth-order valence-electron chi connectivity index (χ4n) is 3.31. The molecule has 5 nitrogen and oxygen atoms in total. The summed E-state index contributed by atoms with van der Waals surface area (Å²) in [5.74, 6) is 1.91. The minimum atomic E-state index is 0.162. The van der Waals surface area contributed by atoms with Gasteiger partial charge in [-0.2, -0.15) is 0 Å². The van der Waals surface area contributed by atoms with Gasteiger partial charge >= 0.3 is 0 Å². The van der Waals surface area contributed by atoms with Crippen molar-refractivity contribution in [2.45, 2.75) is 57.5 Å².